The number of halogens is 1. The largest absolute Gasteiger partial charge is 0.497 e. The number of anilines is 2. The predicted octanol–water partition coefficient (Wildman–Crippen LogP) is 2.07. The highest BCUT2D eigenvalue weighted by Gasteiger charge is 2.12. The zero-order valence-electron chi connectivity index (χ0n) is 9.92. The predicted molar refractivity (Wildman–Crippen MR) is 65.2 cm³/mol. The van der Waals surface area contributed by atoms with Gasteiger partial charge in [-0.15, -0.1) is 0 Å². The summed E-state index contributed by atoms with van der Waals surface area (Å²) >= 11 is 0. The van der Waals surface area contributed by atoms with Gasteiger partial charge in [0.25, 0.3) is 0 Å². The normalized spacial score (nSPS) is 10.0. The number of ether oxygens (including phenoxy) is 1. The number of nitrogens with zero attached hydrogens (tertiary/aromatic N) is 2. The number of carboxylic acids is 1. The van der Waals surface area contributed by atoms with Gasteiger partial charge in [0.15, 0.2) is 5.82 Å². The van der Waals surface area contributed by atoms with E-state index in [1.54, 1.807) is 0 Å². The number of benzene rings is 1. The van der Waals surface area contributed by atoms with Gasteiger partial charge >= 0.3 is 5.97 Å². The maximum absolute atomic E-state index is 12.7. The van der Waals surface area contributed by atoms with Crippen LogP contribution >= 0.6 is 0 Å². The molecule has 0 unspecified atom stereocenters. The minimum Gasteiger partial charge on any atom is -0.497 e. The molecule has 0 atom stereocenters. The summed E-state index contributed by atoms with van der Waals surface area (Å²) in [5.74, 6) is -1.10. The van der Waals surface area contributed by atoms with Crippen molar-refractivity contribution in [1.82, 2.24) is 9.97 Å². The molecule has 1 aromatic heterocycles. The SMILES string of the molecule is COc1ccc(C(=O)O)c(Nc2ncc(F)cn2)c1. The highest BCUT2D eigenvalue weighted by atomic mass is 19.1. The Hall–Kier alpha value is -2.70. The van der Waals surface area contributed by atoms with Gasteiger partial charge in [-0.2, -0.15) is 0 Å². The van der Waals surface area contributed by atoms with E-state index >= 15 is 0 Å². The molecule has 98 valence electrons. The van der Waals surface area contributed by atoms with Crippen LogP contribution in [0.4, 0.5) is 16.0 Å². The summed E-state index contributed by atoms with van der Waals surface area (Å²) in [6.07, 6.45) is 1.96. The first-order valence-electron chi connectivity index (χ1n) is 5.26. The lowest BCUT2D eigenvalue weighted by atomic mass is 10.1. The summed E-state index contributed by atoms with van der Waals surface area (Å²) in [6.45, 7) is 0. The Balaban J connectivity index is 2.36. The number of hydrogen-bond acceptors (Lipinski definition) is 5. The summed E-state index contributed by atoms with van der Waals surface area (Å²) in [5, 5.41) is 11.8. The van der Waals surface area contributed by atoms with E-state index in [4.69, 9.17) is 9.84 Å². The van der Waals surface area contributed by atoms with Crippen molar-refractivity contribution in [3.63, 3.8) is 0 Å². The molecule has 0 aliphatic heterocycles. The average molecular weight is 263 g/mol. The first kappa shape index (κ1) is 12.7. The monoisotopic (exact) mass is 263 g/mol. The zero-order chi connectivity index (χ0) is 13.8. The number of aromatic carboxylic acids is 1. The summed E-state index contributed by atoms with van der Waals surface area (Å²) in [6, 6.07) is 4.42. The Morgan fingerprint density at radius 2 is 2.05 bits per heavy atom. The Labute approximate surface area is 107 Å². The van der Waals surface area contributed by atoms with Crippen LogP contribution in [0, 0.1) is 5.82 Å². The number of carboxylic acid groups (broad SMARTS) is 1. The minimum atomic E-state index is -1.10. The van der Waals surface area contributed by atoms with E-state index in [1.165, 1.54) is 25.3 Å². The van der Waals surface area contributed by atoms with E-state index in [-0.39, 0.29) is 17.2 Å². The van der Waals surface area contributed by atoms with Crippen LogP contribution in [-0.4, -0.2) is 28.2 Å². The zero-order valence-corrected chi connectivity index (χ0v) is 9.92. The number of hydrogen-bond donors (Lipinski definition) is 2. The van der Waals surface area contributed by atoms with Crippen LogP contribution in [0.5, 0.6) is 5.75 Å². The molecule has 7 heteroatoms. The molecule has 0 aliphatic carbocycles. The molecule has 1 aromatic carbocycles. The molecule has 0 amide bonds. The Morgan fingerprint density at radius 3 is 2.63 bits per heavy atom. The van der Waals surface area contributed by atoms with Crippen LogP contribution in [0.2, 0.25) is 0 Å². The van der Waals surface area contributed by atoms with Gasteiger partial charge in [-0.05, 0) is 12.1 Å². The highest BCUT2D eigenvalue weighted by Crippen LogP contribution is 2.24. The molecule has 0 saturated heterocycles. The molecule has 0 fully saturated rings. The van der Waals surface area contributed by atoms with E-state index in [2.05, 4.69) is 15.3 Å². The maximum atomic E-state index is 12.7. The van der Waals surface area contributed by atoms with Gasteiger partial charge < -0.3 is 15.2 Å². The molecule has 2 N–H and O–H groups in total. The molecule has 2 aromatic rings. The van der Waals surface area contributed by atoms with Crippen molar-refractivity contribution >= 4 is 17.6 Å². The maximum Gasteiger partial charge on any atom is 0.337 e. The third kappa shape index (κ3) is 2.95. The van der Waals surface area contributed by atoms with E-state index < -0.39 is 11.8 Å². The quantitative estimate of drug-likeness (QED) is 0.878. The number of rotatable bonds is 4. The second-order valence-electron chi connectivity index (χ2n) is 3.57. The van der Waals surface area contributed by atoms with E-state index in [0.717, 1.165) is 12.4 Å². The van der Waals surface area contributed by atoms with Crippen LogP contribution in [-0.2, 0) is 0 Å². The van der Waals surface area contributed by atoms with Crippen LogP contribution in [0.25, 0.3) is 0 Å². The van der Waals surface area contributed by atoms with Crippen molar-refractivity contribution in [2.75, 3.05) is 12.4 Å². The van der Waals surface area contributed by atoms with Crippen LogP contribution in [0.15, 0.2) is 30.6 Å². The van der Waals surface area contributed by atoms with Crippen molar-refractivity contribution in [2.45, 2.75) is 0 Å². The van der Waals surface area contributed by atoms with Gasteiger partial charge in [0.2, 0.25) is 5.95 Å². The molecule has 0 spiro atoms. The summed E-state index contributed by atoms with van der Waals surface area (Å²) in [4.78, 5) is 18.5. The molecule has 0 bridgehead atoms. The summed E-state index contributed by atoms with van der Waals surface area (Å²) in [7, 11) is 1.47. The smallest absolute Gasteiger partial charge is 0.337 e. The lowest BCUT2D eigenvalue weighted by molar-refractivity contribution is 0.0698. The van der Waals surface area contributed by atoms with Crippen molar-refractivity contribution in [3.05, 3.63) is 42.0 Å². The molecule has 19 heavy (non-hydrogen) atoms. The Kier molecular flexibility index (Phi) is 3.56. The van der Waals surface area contributed by atoms with Gasteiger partial charge in [0.05, 0.1) is 30.8 Å². The topological polar surface area (TPSA) is 84.3 Å². The first-order valence-corrected chi connectivity index (χ1v) is 5.26. The third-order valence-electron chi connectivity index (χ3n) is 2.32. The first-order chi connectivity index (χ1) is 9.10. The lowest BCUT2D eigenvalue weighted by Crippen LogP contribution is -2.05. The molecular weight excluding hydrogens is 253 g/mol. The van der Waals surface area contributed by atoms with Crippen molar-refractivity contribution in [2.24, 2.45) is 0 Å². The molecular formula is C12H10FN3O3. The van der Waals surface area contributed by atoms with Crippen molar-refractivity contribution in [3.8, 4) is 5.75 Å². The van der Waals surface area contributed by atoms with Crippen LogP contribution in [0.3, 0.4) is 0 Å². The fourth-order valence-electron chi connectivity index (χ4n) is 1.44. The minimum absolute atomic E-state index is 0.0359. The van der Waals surface area contributed by atoms with Crippen LogP contribution in [0.1, 0.15) is 10.4 Å². The number of methoxy groups -OCH3 is 1. The number of nitrogens with one attached hydrogen (secondary N) is 1. The van der Waals surface area contributed by atoms with E-state index in [1.807, 2.05) is 0 Å². The fraction of sp³-hybridized carbons (Fsp3) is 0.0833. The lowest BCUT2D eigenvalue weighted by Gasteiger charge is -2.09. The molecule has 6 nitrogen and oxygen atoms in total. The van der Waals surface area contributed by atoms with E-state index in [9.17, 15) is 9.18 Å². The standard InChI is InChI=1S/C12H10FN3O3/c1-19-8-2-3-9(11(17)18)10(4-8)16-12-14-5-7(13)6-15-12/h2-6H,1H3,(H,17,18)(H,14,15,16). The third-order valence-corrected chi connectivity index (χ3v) is 2.32. The average Bonchev–Trinajstić information content (AvgIpc) is 2.41. The number of carbonyl (C=O) groups is 1. The highest BCUT2D eigenvalue weighted by molar-refractivity contribution is 5.95. The van der Waals surface area contributed by atoms with Gasteiger partial charge in [0, 0.05) is 6.07 Å². The summed E-state index contributed by atoms with van der Waals surface area (Å²) < 4.78 is 17.7. The molecule has 0 aliphatic rings. The fourth-order valence-corrected chi connectivity index (χ4v) is 1.44. The second kappa shape index (κ2) is 5.30. The van der Waals surface area contributed by atoms with Crippen LogP contribution < -0.4 is 10.1 Å². The van der Waals surface area contributed by atoms with Crippen molar-refractivity contribution < 1.29 is 19.0 Å². The molecule has 0 radical (unpaired) electrons. The van der Waals surface area contributed by atoms with Gasteiger partial charge in [-0.1, -0.05) is 0 Å². The molecule has 1 heterocycles. The Morgan fingerprint density at radius 1 is 1.37 bits per heavy atom. The van der Waals surface area contributed by atoms with Crippen molar-refractivity contribution in [1.29, 1.82) is 0 Å². The van der Waals surface area contributed by atoms with Gasteiger partial charge in [-0.25, -0.2) is 19.2 Å². The number of aromatic nitrogens is 2. The summed E-state index contributed by atoms with van der Waals surface area (Å²) in [5.41, 5.74) is 0.298. The van der Waals surface area contributed by atoms with E-state index in [0.29, 0.717) is 5.75 Å². The Bertz CT molecular complexity index is 602. The van der Waals surface area contributed by atoms with Gasteiger partial charge in [-0.3, -0.25) is 0 Å². The second-order valence-corrected chi connectivity index (χ2v) is 3.57. The molecule has 0 saturated carbocycles. The molecule has 2 rings (SSSR count). The van der Waals surface area contributed by atoms with Gasteiger partial charge in [0.1, 0.15) is 5.75 Å².